The summed E-state index contributed by atoms with van der Waals surface area (Å²) in [6, 6.07) is 7.95. The fourth-order valence-corrected chi connectivity index (χ4v) is 3.55. The van der Waals surface area contributed by atoms with Crippen LogP contribution in [0.15, 0.2) is 30.5 Å². The van der Waals surface area contributed by atoms with Gasteiger partial charge >= 0.3 is 0 Å². The van der Waals surface area contributed by atoms with Gasteiger partial charge in [0.05, 0.1) is 29.1 Å². The lowest BCUT2D eigenvalue weighted by molar-refractivity contribution is -0.126. The summed E-state index contributed by atoms with van der Waals surface area (Å²) < 4.78 is 1.80. The van der Waals surface area contributed by atoms with E-state index in [1.807, 2.05) is 38.1 Å². The Kier molecular flexibility index (Phi) is 5.91. The minimum Gasteiger partial charge on any atom is -0.355 e. The Bertz CT molecular complexity index is 830. The number of likely N-dealkylation sites (tertiary alicyclic amines) is 1. The molecule has 0 spiro atoms. The summed E-state index contributed by atoms with van der Waals surface area (Å²) in [5, 5.41) is 7.26. The fourth-order valence-electron chi connectivity index (χ4n) is 3.55. The zero-order valence-electron chi connectivity index (χ0n) is 15.9. The number of piperidine rings is 1. The molecule has 27 heavy (non-hydrogen) atoms. The number of aryl methyl sites for hydroxylation is 1. The van der Waals surface area contributed by atoms with Gasteiger partial charge in [-0.15, -0.1) is 0 Å². The van der Waals surface area contributed by atoms with Crippen molar-refractivity contribution in [3.8, 4) is 5.69 Å². The molecule has 2 aromatic rings. The van der Waals surface area contributed by atoms with Crippen LogP contribution in [0.25, 0.3) is 5.69 Å². The van der Waals surface area contributed by atoms with E-state index in [0.717, 1.165) is 29.8 Å². The standard InChI is InChI=1S/C20H27N5O2/c1-14-6-3-4-8-18(14)25-15(2)17(12-23-25)20(27)24-11-5-7-16(13-24)19(26)22-10-9-21/h3-4,6,8,12,16H,5,7,9-11,13,21H2,1-2H3,(H,22,26). The molecule has 0 aliphatic carbocycles. The van der Waals surface area contributed by atoms with Gasteiger partial charge < -0.3 is 16.0 Å². The summed E-state index contributed by atoms with van der Waals surface area (Å²) in [6.45, 7) is 5.90. The second-order valence-electron chi connectivity index (χ2n) is 7.01. The van der Waals surface area contributed by atoms with Crippen LogP contribution in [-0.4, -0.2) is 52.7 Å². The number of rotatable bonds is 5. The van der Waals surface area contributed by atoms with Crippen molar-refractivity contribution in [1.29, 1.82) is 0 Å². The third kappa shape index (κ3) is 4.03. The van der Waals surface area contributed by atoms with Crippen molar-refractivity contribution < 1.29 is 9.59 Å². The van der Waals surface area contributed by atoms with Gasteiger partial charge in [-0.05, 0) is 38.3 Å². The molecular weight excluding hydrogens is 342 g/mol. The zero-order chi connectivity index (χ0) is 19.4. The summed E-state index contributed by atoms with van der Waals surface area (Å²) in [5.41, 5.74) is 8.90. The Labute approximate surface area is 159 Å². The third-order valence-corrected chi connectivity index (χ3v) is 5.11. The van der Waals surface area contributed by atoms with Gasteiger partial charge in [0.1, 0.15) is 0 Å². The molecule has 0 radical (unpaired) electrons. The van der Waals surface area contributed by atoms with E-state index in [2.05, 4.69) is 10.4 Å². The number of para-hydroxylation sites is 1. The number of benzene rings is 1. The monoisotopic (exact) mass is 369 g/mol. The van der Waals surface area contributed by atoms with E-state index in [1.54, 1.807) is 15.8 Å². The second-order valence-corrected chi connectivity index (χ2v) is 7.01. The number of nitrogens with two attached hydrogens (primary N) is 1. The molecule has 1 aliphatic rings. The molecule has 2 amide bonds. The molecule has 1 unspecified atom stereocenters. The Hall–Kier alpha value is -2.67. The second kappa shape index (κ2) is 8.35. The summed E-state index contributed by atoms with van der Waals surface area (Å²) in [7, 11) is 0. The summed E-state index contributed by atoms with van der Waals surface area (Å²) in [6.07, 6.45) is 3.24. The first kappa shape index (κ1) is 19.1. The van der Waals surface area contributed by atoms with Gasteiger partial charge in [-0.1, -0.05) is 18.2 Å². The highest BCUT2D eigenvalue weighted by molar-refractivity contribution is 5.95. The molecule has 1 aliphatic heterocycles. The van der Waals surface area contributed by atoms with Crippen molar-refractivity contribution in [3.05, 3.63) is 47.3 Å². The fraction of sp³-hybridized carbons (Fsp3) is 0.450. The van der Waals surface area contributed by atoms with Crippen LogP contribution in [0.3, 0.4) is 0 Å². The average Bonchev–Trinajstić information content (AvgIpc) is 3.07. The van der Waals surface area contributed by atoms with Crippen molar-refractivity contribution in [2.45, 2.75) is 26.7 Å². The van der Waals surface area contributed by atoms with Gasteiger partial charge in [-0.25, -0.2) is 4.68 Å². The molecule has 0 bridgehead atoms. The number of aromatic nitrogens is 2. The van der Waals surface area contributed by atoms with Gasteiger partial charge in [-0.3, -0.25) is 9.59 Å². The first-order valence-electron chi connectivity index (χ1n) is 9.40. The zero-order valence-corrected chi connectivity index (χ0v) is 15.9. The van der Waals surface area contributed by atoms with Crippen molar-refractivity contribution in [2.75, 3.05) is 26.2 Å². The van der Waals surface area contributed by atoms with Crippen LogP contribution in [-0.2, 0) is 4.79 Å². The number of nitrogens with one attached hydrogen (secondary N) is 1. The Morgan fingerprint density at radius 1 is 1.30 bits per heavy atom. The molecule has 1 aromatic carbocycles. The normalized spacial score (nSPS) is 17.0. The summed E-state index contributed by atoms with van der Waals surface area (Å²) in [4.78, 5) is 27.1. The Morgan fingerprint density at radius 2 is 2.07 bits per heavy atom. The molecule has 1 atom stereocenters. The van der Waals surface area contributed by atoms with Gasteiger partial charge in [0.25, 0.3) is 5.91 Å². The van der Waals surface area contributed by atoms with E-state index in [4.69, 9.17) is 5.73 Å². The predicted octanol–water partition coefficient (Wildman–Crippen LogP) is 1.42. The SMILES string of the molecule is Cc1ccccc1-n1ncc(C(=O)N2CCCC(C(=O)NCCN)C2)c1C. The summed E-state index contributed by atoms with van der Waals surface area (Å²) >= 11 is 0. The van der Waals surface area contributed by atoms with E-state index >= 15 is 0 Å². The van der Waals surface area contributed by atoms with Crippen LogP contribution >= 0.6 is 0 Å². The first-order chi connectivity index (χ1) is 13.0. The van der Waals surface area contributed by atoms with E-state index < -0.39 is 0 Å². The van der Waals surface area contributed by atoms with Crippen molar-refractivity contribution in [2.24, 2.45) is 11.7 Å². The van der Waals surface area contributed by atoms with Crippen LogP contribution in [0.2, 0.25) is 0 Å². The highest BCUT2D eigenvalue weighted by Gasteiger charge is 2.30. The molecular formula is C20H27N5O2. The molecule has 1 aromatic heterocycles. The molecule has 3 rings (SSSR count). The van der Waals surface area contributed by atoms with E-state index in [-0.39, 0.29) is 17.7 Å². The number of hydrogen-bond acceptors (Lipinski definition) is 4. The number of hydrogen-bond donors (Lipinski definition) is 2. The van der Waals surface area contributed by atoms with Crippen LogP contribution in [0, 0.1) is 19.8 Å². The Morgan fingerprint density at radius 3 is 2.81 bits per heavy atom. The van der Waals surface area contributed by atoms with E-state index in [9.17, 15) is 9.59 Å². The molecule has 1 fully saturated rings. The highest BCUT2D eigenvalue weighted by Crippen LogP contribution is 2.22. The minimum absolute atomic E-state index is 0.0229. The lowest BCUT2D eigenvalue weighted by Gasteiger charge is -2.32. The van der Waals surface area contributed by atoms with E-state index in [1.165, 1.54) is 0 Å². The minimum atomic E-state index is -0.180. The van der Waals surface area contributed by atoms with Crippen molar-refractivity contribution in [3.63, 3.8) is 0 Å². The Balaban J connectivity index is 1.76. The quantitative estimate of drug-likeness (QED) is 0.833. The number of nitrogens with zero attached hydrogens (tertiary/aromatic N) is 3. The largest absolute Gasteiger partial charge is 0.355 e. The highest BCUT2D eigenvalue weighted by atomic mass is 16.2. The maximum atomic E-state index is 13.1. The number of amides is 2. The van der Waals surface area contributed by atoms with Gasteiger partial charge in [0.2, 0.25) is 5.91 Å². The number of carbonyl (C=O) groups is 2. The van der Waals surface area contributed by atoms with Crippen molar-refractivity contribution >= 4 is 11.8 Å². The van der Waals surface area contributed by atoms with Gasteiger partial charge in [0.15, 0.2) is 0 Å². The van der Waals surface area contributed by atoms with Crippen LogP contribution in [0.5, 0.6) is 0 Å². The van der Waals surface area contributed by atoms with Gasteiger partial charge in [0, 0.05) is 26.2 Å². The molecule has 3 N–H and O–H groups in total. The topological polar surface area (TPSA) is 93.2 Å². The average molecular weight is 369 g/mol. The maximum Gasteiger partial charge on any atom is 0.257 e. The van der Waals surface area contributed by atoms with Gasteiger partial charge in [-0.2, -0.15) is 5.10 Å². The smallest absolute Gasteiger partial charge is 0.257 e. The van der Waals surface area contributed by atoms with Crippen LogP contribution in [0.4, 0.5) is 0 Å². The van der Waals surface area contributed by atoms with Crippen LogP contribution < -0.4 is 11.1 Å². The van der Waals surface area contributed by atoms with Crippen LogP contribution in [0.1, 0.15) is 34.5 Å². The molecule has 1 saturated heterocycles. The molecule has 7 nitrogen and oxygen atoms in total. The number of carbonyl (C=O) groups excluding carboxylic acids is 2. The molecule has 144 valence electrons. The summed E-state index contributed by atoms with van der Waals surface area (Å²) in [5.74, 6) is -0.269. The predicted molar refractivity (Wildman–Crippen MR) is 104 cm³/mol. The first-order valence-corrected chi connectivity index (χ1v) is 9.40. The van der Waals surface area contributed by atoms with Crippen molar-refractivity contribution in [1.82, 2.24) is 20.0 Å². The molecule has 0 saturated carbocycles. The lowest BCUT2D eigenvalue weighted by atomic mass is 9.96. The lowest BCUT2D eigenvalue weighted by Crippen LogP contribution is -2.46. The third-order valence-electron chi connectivity index (χ3n) is 5.11. The van der Waals surface area contributed by atoms with E-state index in [0.29, 0.717) is 31.7 Å². The molecule has 2 heterocycles. The maximum absolute atomic E-state index is 13.1. The molecule has 7 heteroatoms.